The first kappa shape index (κ1) is 19.7. The van der Waals surface area contributed by atoms with Gasteiger partial charge in [-0.15, -0.1) is 0 Å². The highest BCUT2D eigenvalue weighted by atomic mass is 19.1. The number of benzene rings is 1. The molecule has 31 heavy (non-hydrogen) atoms. The van der Waals surface area contributed by atoms with Crippen LogP contribution in [0.2, 0.25) is 0 Å². The number of fused-ring (bicyclic) bond motifs is 3. The quantitative estimate of drug-likeness (QED) is 0.683. The number of pyridine rings is 1. The monoisotopic (exact) mass is 421 g/mol. The minimum absolute atomic E-state index is 0.0787. The summed E-state index contributed by atoms with van der Waals surface area (Å²) in [6.45, 7) is 1.63. The van der Waals surface area contributed by atoms with E-state index in [0.717, 1.165) is 28.7 Å². The fraction of sp³-hybridized carbons (Fsp3) is 0.375. The van der Waals surface area contributed by atoms with Crippen molar-refractivity contribution in [3.8, 4) is 0 Å². The van der Waals surface area contributed by atoms with Gasteiger partial charge in [0, 0.05) is 36.8 Å². The number of hydrogen-bond acceptors (Lipinski definition) is 3. The Morgan fingerprint density at radius 2 is 2.03 bits per heavy atom. The number of amides is 1. The van der Waals surface area contributed by atoms with Crippen molar-refractivity contribution < 1.29 is 19.1 Å². The summed E-state index contributed by atoms with van der Waals surface area (Å²) in [5, 5.41) is 10.1. The van der Waals surface area contributed by atoms with Crippen LogP contribution in [0.15, 0.2) is 42.6 Å². The molecule has 0 atom stereocenters. The maximum atomic E-state index is 13.7. The van der Waals surface area contributed by atoms with Gasteiger partial charge in [0.15, 0.2) is 0 Å². The summed E-state index contributed by atoms with van der Waals surface area (Å²) in [7, 11) is 0. The summed E-state index contributed by atoms with van der Waals surface area (Å²) >= 11 is 0. The second-order valence-corrected chi connectivity index (χ2v) is 8.66. The van der Waals surface area contributed by atoms with Gasteiger partial charge in [0.05, 0.1) is 12.5 Å². The van der Waals surface area contributed by atoms with E-state index in [0.29, 0.717) is 38.9 Å². The van der Waals surface area contributed by atoms with Gasteiger partial charge in [0.1, 0.15) is 11.5 Å². The van der Waals surface area contributed by atoms with Crippen molar-refractivity contribution in [3.63, 3.8) is 0 Å². The molecule has 1 N–H and O–H groups in total. The highest BCUT2D eigenvalue weighted by molar-refractivity contribution is 5.84. The number of aromatic nitrogens is 2. The predicted molar refractivity (Wildman–Crippen MR) is 113 cm³/mol. The van der Waals surface area contributed by atoms with Gasteiger partial charge in [0.25, 0.3) is 0 Å². The first-order chi connectivity index (χ1) is 15.0. The molecule has 0 saturated heterocycles. The van der Waals surface area contributed by atoms with E-state index >= 15 is 0 Å². The van der Waals surface area contributed by atoms with E-state index in [1.165, 1.54) is 17.7 Å². The van der Waals surface area contributed by atoms with Crippen LogP contribution in [0, 0.1) is 17.7 Å². The zero-order valence-electron chi connectivity index (χ0n) is 17.1. The molecule has 7 heteroatoms. The smallest absolute Gasteiger partial charge is 0.306 e. The Balaban J connectivity index is 1.39. The lowest BCUT2D eigenvalue weighted by molar-refractivity contribution is -0.148. The van der Waals surface area contributed by atoms with Crippen LogP contribution >= 0.6 is 0 Å². The van der Waals surface area contributed by atoms with Crippen LogP contribution in [-0.4, -0.2) is 38.0 Å². The number of halogens is 1. The number of nitrogens with zero attached hydrogens (tertiary/aromatic N) is 3. The summed E-state index contributed by atoms with van der Waals surface area (Å²) < 4.78 is 15.8. The maximum Gasteiger partial charge on any atom is 0.306 e. The average Bonchev–Trinajstić information content (AvgIpc) is 3.03. The number of carboxylic acids is 1. The molecule has 2 aromatic heterocycles. The van der Waals surface area contributed by atoms with E-state index < -0.39 is 5.97 Å². The summed E-state index contributed by atoms with van der Waals surface area (Å²) in [6, 6.07) is 10.5. The van der Waals surface area contributed by atoms with Crippen LogP contribution in [0.5, 0.6) is 0 Å². The second-order valence-electron chi connectivity index (χ2n) is 8.66. The van der Waals surface area contributed by atoms with E-state index in [4.69, 9.17) is 5.11 Å². The molecule has 0 unspecified atom stereocenters. The van der Waals surface area contributed by atoms with Crippen molar-refractivity contribution >= 4 is 22.9 Å². The summed E-state index contributed by atoms with van der Waals surface area (Å²) in [4.78, 5) is 30.4. The molecule has 0 spiro atoms. The molecular weight excluding hydrogens is 397 g/mol. The Labute approximate surface area is 179 Å². The van der Waals surface area contributed by atoms with Gasteiger partial charge in [-0.05, 0) is 60.6 Å². The molecule has 6 nitrogen and oxygen atoms in total. The molecule has 2 aliphatic rings. The minimum atomic E-state index is -0.763. The number of carboxylic acid groups (broad SMARTS) is 1. The van der Waals surface area contributed by atoms with Crippen molar-refractivity contribution in [2.45, 2.75) is 38.8 Å². The predicted octanol–water partition coefficient (Wildman–Crippen LogP) is 3.61. The third-order valence-electron chi connectivity index (χ3n) is 6.64. The summed E-state index contributed by atoms with van der Waals surface area (Å²) in [5.74, 6) is -1.09. The van der Waals surface area contributed by atoms with E-state index in [-0.39, 0.29) is 23.6 Å². The van der Waals surface area contributed by atoms with Crippen LogP contribution < -0.4 is 0 Å². The van der Waals surface area contributed by atoms with E-state index in [1.54, 1.807) is 12.3 Å². The molecule has 160 valence electrons. The molecule has 3 aromatic rings. The number of carbonyl (C=O) groups excluding carboxylic acids is 1. The Morgan fingerprint density at radius 1 is 1.19 bits per heavy atom. The lowest BCUT2D eigenvalue weighted by Gasteiger charge is -2.35. The lowest BCUT2D eigenvalue weighted by atomic mass is 9.73. The first-order valence-electron chi connectivity index (χ1n) is 10.7. The molecule has 5 rings (SSSR count). The molecule has 1 fully saturated rings. The zero-order chi connectivity index (χ0) is 21.5. The average molecular weight is 421 g/mol. The first-order valence-corrected chi connectivity index (χ1v) is 10.7. The normalized spacial score (nSPS) is 20.4. The molecular formula is C24H24FN3O3. The summed E-state index contributed by atoms with van der Waals surface area (Å²) in [5.41, 5.74) is 3.96. The minimum Gasteiger partial charge on any atom is -0.481 e. The second kappa shape index (κ2) is 7.80. The third kappa shape index (κ3) is 3.69. The van der Waals surface area contributed by atoms with Crippen LogP contribution in [0.25, 0.3) is 11.0 Å². The Kier molecular flexibility index (Phi) is 4.96. The standard InChI is InChI=1S/C24H24FN3O3/c25-18-4-1-3-15(11-18)13-28-21-14-27(22(29)12-16-9-17(10-16)24(30)31)8-6-19(21)20-5-2-7-26-23(20)28/h1-5,7,11,16-17H,6,8-10,12-14H2,(H,30,31)/t16-,17-. The van der Waals surface area contributed by atoms with Crippen molar-refractivity contribution in [3.05, 3.63) is 65.2 Å². The Hall–Kier alpha value is -3.22. The lowest BCUT2D eigenvalue weighted by Crippen LogP contribution is -2.40. The topological polar surface area (TPSA) is 75.4 Å². The zero-order valence-corrected chi connectivity index (χ0v) is 17.1. The van der Waals surface area contributed by atoms with Crippen molar-refractivity contribution in [1.29, 1.82) is 0 Å². The Morgan fingerprint density at radius 3 is 2.81 bits per heavy atom. The fourth-order valence-corrected chi connectivity index (χ4v) is 4.94. The van der Waals surface area contributed by atoms with Crippen molar-refractivity contribution in [2.24, 2.45) is 11.8 Å². The van der Waals surface area contributed by atoms with Gasteiger partial charge < -0.3 is 14.6 Å². The van der Waals surface area contributed by atoms with E-state index in [1.807, 2.05) is 17.0 Å². The third-order valence-corrected chi connectivity index (χ3v) is 6.64. The SMILES string of the molecule is O=C(C[C@H]1C[C@H](C(=O)O)C1)N1CCc2c(n(Cc3cccc(F)c3)c3ncccc23)C1. The van der Waals surface area contributed by atoms with Crippen LogP contribution in [0.1, 0.15) is 36.1 Å². The van der Waals surface area contributed by atoms with Gasteiger partial charge >= 0.3 is 5.97 Å². The van der Waals surface area contributed by atoms with E-state index in [9.17, 15) is 14.0 Å². The van der Waals surface area contributed by atoms with Gasteiger partial charge in [-0.3, -0.25) is 9.59 Å². The Bertz CT molecular complexity index is 1170. The molecule has 0 radical (unpaired) electrons. The van der Waals surface area contributed by atoms with Crippen molar-refractivity contribution in [2.75, 3.05) is 6.54 Å². The molecule has 1 saturated carbocycles. The van der Waals surface area contributed by atoms with Crippen molar-refractivity contribution in [1.82, 2.24) is 14.5 Å². The highest BCUT2D eigenvalue weighted by Crippen LogP contribution is 2.37. The van der Waals surface area contributed by atoms with Gasteiger partial charge in [0.2, 0.25) is 5.91 Å². The maximum absolute atomic E-state index is 13.7. The largest absolute Gasteiger partial charge is 0.481 e. The number of hydrogen-bond donors (Lipinski definition) is 1. The fourth-order valence-electron chi connectivity index (χ4n) is 4.94. The number of carbonyl (C=O) groups is 2. The number of aliphatic carboxylic acids is 1. The van der Waals surface area contributed by atoms with Crippen LogP contribution in [0.3, 0.4) is 0 Å². The van der Waals surface area contributed by atoms with Gasteiger partial charge in [-0.25, -0.2) is 9.37 Å². The van der Waals surface area contributed by atoms with E-state index in [2.05, 4.69) is 15.6 Å². The van der Waals surface area contributed by atoms with Gasteiger partial charge in [-0.1, -0.05) is 12.1 Å². The van der Waals surface area contributed by atoms with Crippen LogP contribution in [-0.2, 0) is 29.1 Å². The van der Waals surface area contributed by atoms with Gasteiger partial charge in [-0.2, -0.15) is 0 Å². The number of rotatable bonds is 5. The molecule has 3 heterocycles. The highest BCUT2D eigenvalue weighted by Gasteiger charge is 2.37. The molecule has 1 aromatic carbocycles. The molecule has 1 amide bonds. The molecule has 0 bridgehead atoms. The molecule has 1 aliphatic heterocycles. The summed E-state index contributed by atoms with van der Waals surface area (Å²) in [6.07, 6.45) is 4.09. The van der Waals surface area contributed by atoms with Crippen LogP contribution in [0.4, 0.5) is 4.39 Å². The molecule has 1 aliphatic carbocycles.